The molecule has 0 spiro atoms. The number of carbonyl (C=O) groups excluding carboxylic acids is 1. The summed E-state index contributed by atoms with van der Waals surface area (Å²) in [5.41, 5.74) is 0.318. The number of sulfonamides is 1. The highest BCUT2D eigenvalue weighted by molar-refractivity contribution is 7.89. The number of esters is 1. The normalized spacial score (nSPS) is 15.1. The predicted molar refractivity (Wildman–Crippen MR) is 103 cm³/mol. The number of hydrogen-bond acceptors (Lipinski definition) is 7. The summed E-state index contributed by atoms with van der Waals surface area (Å²) in [5, 5.41) is 10.8. The van der Waals surface area contributed by atoms with E-state index in [1.54, 1.807) is 6.07 Å². The molecule has 1 saturated heterocycles. The van der Waals surface area contributed by atoms with Crippen LogP contribution in [0, 0.1) is 10.1 Å². The number of morpholine rings is 1. The fourth-order valence-electron chi connectivity index (χ4n) is 2.75. The lowest BCUT2D eigenvalue weighted by molar-refractivity contribution is -0.384. The van der Waals surface area contributed by atoms with E-state index < -0.39 is 20.9 Å². The van der Waals surface area contributed by atoms with E-state index in [9.17, 15) is 23.3 Å². The molecule has 9 nitrogen and oxygen atoms in total. The van der Waals surface area contributed by atoms with Gasteiger partial charge in [0.05, 0.1) is 28.7 Å². The smallest absolute Gasteiger partial charge is 0.338 e. The van der Waals surface area contributed by atoms with E-state index in [1.165, 1.54) is 40.7 Å². The number of non-ortho nitro benzene ring substituents is 1. The molecule has 0 unspecified atom stereocenters. The number of hydrogen-bond donors (Lipinski definition) is 0. The number of nitrogens with zero attached hydrogens (tertiary/aromatic N) is 2. The number of carbonyl (C=O) groups is 1. The fourth-order valence-corrected chi connectivity index (χ4v) is 4.65. The summed E-state index contributed by atoms with van der Waals surface area (Å²) < 4.78 is 37.2. The van der Waals surface area contributed by atoms with Crippen molar-refractivity contribution in [1.29, 1.82) is 0 Å². The largest absolute Gasteiger partial charge is 0.457 e. The van der Waals surface area contributed by atoms with Crippen molar-refractivity contribution < 1.29 is 27.6 Å². The molecule has 0 atom stereocenters. The Morgan fingerprint density at radius 1 is 1.21 bits per heavy atom. The molecule has 1 heterocycles. The number of rotatable bonds is 6. The summed E-state index contributed by atoms with van der Waals surface area (Å²) in [6, 6.07) is 9.53. The molecule has 0 bridgehead atoms. The van der Waals surface area contributed by atoms with Gasteiger partial charge in [-0.25, -0.2) is 13.2 Å². The second kappa shape index (κ2) is 8.87. The molecule has 1 aliphatic rings. The van der Waals surface area contributed by atoms with Crippen LogP contribution in [-0.2, 0) is 26.1 Å². The van der Waals surface area contributed by atoms with Crippen LogP contribution >= 0.6 is 11.6 Å². The summed E-state index contributed by atoms with van der Waals surface area (Å²) >= 11 is 6.07. The molecule has 154 valence electrons. The lowest BCUT2D eigenvalue weighted by Gasteiger charge is -2.26. The molecule has 0 radical (unpaired) electrons. The number of nitro groups is 1. The summed E-state index contributed by atoms with van der Waals surface area (Å²) in [4.78, 5) is 22.5. The predicted octanol–water partition coefficient (Wildman–Crippen LogP) is 2.63. The zero-order chi connectivity index (χ0) is 21.0. The van der Waals surface area contributed by atoms with Crippen LogP contribution in [0.4, 0.5) is 5.69 Å². The third-order valence-electron chi connectivity index (χ3n) is 4.25. The summed E-state index contributed by atoms with van der Waals surface area (Å²) in [6.45, 7) is 0.749. The van der Waals surface area contributed by atoms with Crippen LogP contribution in [0.1, 0.15) is 15.9 Å². The summed E-state index contributed by atoms with van der Waals surface area (Å²) in [5.74, 6) is -0.772. The van der Waals surface area contributed by atoms with Crippen molar-refractivity contribution in [2.45, 2.75) is 11.5 Å². The molecular weight excluding hydrogens is 424 g/mol. The molecule has 2 aromatic carbocycles. The third-order valence-corrected chi connectivity index (χ3v) is 6.63. The van der Waals surface area contributed by atoms with Crippen LogP contribution in [0.2, 0.25) is 5.02 Å². The van der Waals surface area contributed by atoms with Crippen molar-refractivity contribution in [2.75, 3.05) is 26.3 Å². The number of benzene rings is 2. The van der Waals surface area contributed by atoms with Crippen molar-refractivity contribution in [1.82, 2.24) is 4.31 Å². The Morgan fingerprint density at radius 2 is 1.93 bits per heavy atom. The molecule has 11 heteroatoms. The fraction of sp³-hybridized carbons (Fsp3) is 0.278. The Bertz CT molecular complexity index is 1040. The molecule has 1 aliphatic heterocycles. The van der Waals surface area contributed by atoms with Gasteiger partial charge in [0.2, 0.25) is 10.0 Å². The maximum Gasteiger partial charge on any atom is 0.338 e. The first-order valence-corrected chi connectivity index (χ1v) is 10.4. The molecule has 2 aromatic rings. The number of ether oxygens (including phenoxy) is 2. The van der Waals surface area contributed by atoms with Gasteiger partial charge in [-0.05, 0) is 23.8 Å². The molecule has 1 fully saturated rings. The van der Waals surface area contributed by atoms with E-state index >= 15 is 0 Å². The first-order valence-electron chi connectivity index (χ1n) is 8.57. The Hall–Kier alpha value is -2.53. The van der Waals surface area contributed by atoms with Crippen LogP contribution < -0.4 is 0 Å². The SMILES string of the molecule is O=C(OCc1cccc([N+](=O)[O-])c1)c1ccc(Cl)c(S(=O)(=O)N2CCOCC2)c1. The maximum absolute atomic E-state index is 12.8. The highest BCUT2D eigenvalue weighted by Gasteiger charge is 2.29. The van der Waals surface area contributed by atoms with E-state index in [-0.39, 0.29) is 54.1 Å². The molecule has 0 saturated carbocycles. The van der Waals surface area contributed by atoms with E-state index in [4.69, 9.17) is 21.1 Å². The lowest BCUT2D eigenvalue weighted by atomic mass is 10.2. The first-order chi connectivity index (χ1) is 13.8. The Kier molecular flexibility index (Phi) is 6.48. The van der Waals surface area contributed by atoms with Gasteiger partial charge < -0.3 is 9.47 Å². The van der Waals surface area contributed by atoms with Gasteiger partial charge in [-0.3, -0.25) is 10.1 Å². The zero-order valence-corrected chi connectivity index (χ0v) is 16.7. The van der Waals surface area contributed by atoms with Gasteiger partial charge in [-0.1, -0.05) is 23.7 Å². The molecular formula is C18H17ClN2O7S. The van der Waals surface area contributed by atoms with Crippen molar-refractivity contribution >= 4 is 33.3 Å². The van der Waals surface area contributed by atoms with Gasteiger partial charge in [-0.2, -0.15) is 4.31 Å². The molecule has 0 aliphatic carbocycles. The summed E-state index contributed by atoms with van der Waals surface area (Å²) in [6.07, 6.45) is 0. The van der Waals surface area contributed by atoms with Crippen molar-refractivity contribution in [3.05, 3.63) is 68.7 Å². The van der Waals surface area contributed by atoms with E-state index in [0.29, 0.717) is 5.56 Å². The van der Waals surface area contributed by atoms with Crippen LogP contribution in [0.3, 0.4) is 0 Å². The minimum Gasteiger partial charge on any atom is -0.457 e. The summed E-state index contributed by atoms with van der Waals surface area (Å²) in [7, 11) is -3.89. The Balaban J connectivity index is 1.77. The maximum atomic E-state index is 12.8. The van der Waals surface area contributed by atoms with Gasteiger partial charge in [0.15, 0.2) is 0 Å². The topological polar surface area (TPSA) is 116 Å². The molecule has 29 heavy (non-hydrogen) atoms. The van der Waals surface area contributed by atoms with Gasteiger partial charge in [-0.15, -0.1) is 0 Å². The van der Waals surface area contributed by atoms with Crippen LogP contribution in [-0.4, -0.2) is 49.9 Å². The van der Waals surface area contributed by atoms with Crippen molar-refractivity contribution in [3.63, 3.8) is 0 Å². The highest BCUT2D eigenvalue weighted by Crippen LogP contribution is 2.27. The number of halogens is 1. The Labute approximate surface area is 172 Å². The van der Waals surface area contributed by atoms with Crippen molar-refractivity contribution in [3.8, 4) is 0 Å². The molecule has 0 aromatic heterocycles. The Morgan fingerprint density at radius 3 is 2.62 bits per heavy atom. The molecule has 0 N–H and O–H groups in total. The average Bonchev–Trinajstić information content (AvgIpc) is 2.73. The van der Waals surface area contributed by atoms with Gasteiger partial charge in [0.1, 0.15) is 11.5 Å². The molecule has 0 amide bonds. The van der Waals surface area contributed by atoms with E-state index in [0.717, 1.165) is 0 Å². The minimum atomic E-state index is -3.89. The van der Waals surface area contributed by atoms with Crippen LogP contribution in [0.15, 0.2) is 47.4 Å². The van der Waals surface area contributed by atoms with Crippen molar-refractivity contribution in [2.24, 2.45) is 0 Å². The van der Waals surface area contributed by atoms with Gasteiger partial charge >= 0.3 is 5.97 Å². The monoisotopic (exact) mass is 440 g/mol. The quantitative estimate of drug-likeness (QED) is 0.385. The third kappa shape index (κ3) is 4.91. The molecule has 3 rings (SSSR count). The van der Waals surface area contributed by atoms with E-state index in [2.05, 4.69) is 0 Å². The van der Waals surface area contributed by atoms with E-state index in [1.807, 2.05) is 0 Å². The second-order valence-corrected chi connectivity index (χ2v) is 8.48. The highest BCUT2D eigenvalue weighted by atomic mass is 35.5. The second-order valence-electron chi connectivity index (χ2n) is 6.16. The minimum absolute atomic E-state index is 0.00617. The average molecular weight is 441 g/mol. The number of nitro benzene ring substituents is 1. The first kappa shape index (κ1) is 21.2. The zero-order valence-electron chi connectivity index (χ0n) is 15.1. The van der Waals surface area contributed by atoms with Crippen LogP contribution in [0.5, 0.6) is 0 Å². The van der Waals surface area contributed by atoms with Crippen LogP contribution in [0.25, 0.3) is 0 Å². The van der Waals surface area contributed by atoms with Gasteiger partial charge in [0.25, 0.3) is 5.69 Å². The lowest BCUT2D eigenvalue weighted by Crippen LogP contribution is -2.40. The van der Waals surface area contributed by atoms with Gasteiger partial charge in [0, 0.05) is 25.2 Å². The standard InChI is InChI=1S/C18H17ClN2O7S/c19-16-5-4-14(11-17(16)29(25,26)20-6-8-27-9-7-20)18(22)28-12-13-2-1-3-15(10-13)21(23)24/h1-5,10-11H,6-9,12H2.